The van der Waals surface area contributed by atoms with Crippen LogP contribution in [0.25, 0.3) is 6.08 Å². The van der Waals surface area contributed by atoms with Crippen molar-refractivity contribution in [2.75, 3.05) is 12.0 Å². The number of hydrogen-bond donors (Lipinski definition) is 2. The summed E-state index contributed by atoms with van der Waals surface area (Å²) in [7, 11) is 1.46. The smallest absolute Gasteiger partial charge is 0.271 e. The Kier molecular flexibility index (Phi) is 4.64. The second kappa shape index (κ2) is 6.70. The molecule has 1 fully saturated rings. The van der Waals surface area contributed by atoms with Crippen LogP contribution >= 0.6 is 27.7 Å². The molecule has 122 valence electrons. The van der Waals surface area contributed by atoms with Gasteiger partial charge >= 0.3 is 0 Å². The third-order valence-corrected chi connectivity index (χ3v) is 4.83. The van der Waals surface area contributed by atoms with Gasteiger partial charge < -0.3 is 9.84 Å². The number of aromatic hydroxyl groups is 1. The Morgan fingerprint density at radius 1 is 1.25 bits per heavy atom. The molecule has 0 spiro atoms. The number of nitrogens with zero attached hydrogens (tertiary/aromatic N) is 1. The maximum absolute atomic E-state index is 12.6. The number of amides is 1. The number of ether oxygens (including phenoxy) is 1. The largest absolute Gasteiger partial charge is 0.504 e. The van der Waals surface area contributed by atoms with Gasteiger partial charge in [0.05, 0.1) is 17.7 Å². The van der Waals surface area contributed by atoms with E-state index in [1.165, 1.54) is 18.1 Å². The summed E-state index contributed by atoms with van der Waals surface area (Å²) in [6.07, 6.45) is 1.68. The zero-order valence-electron chi connectivity index (χ0n) is 12.6. The van der Waals surface area contributed by atoms with E-state index in [0.29, 0.717) is 21.9 Å². The fourth-order valence-electron chi connectivity index (χ4n) is 2.25. The molecular weight excluding hydrogens is 392 g/mol. The number of amidine groups is 1. The molecular formula is C17H13BrN2O3S. The molecule has 1 heterocycles. The minimum atomic E-state index is -0.251. The van der Waals surface area contributed by atoms with Gasteiger partial charge in [-0.3, -0.25) is 15.1 Å². The highest BCUT2D eigenvalue weighted by Crippen LogP contribution is 2.36. The molecule has 0 unspecified atom stereocenters. The minimum absolute atomic E-state index is 0.0364. The molecule has 1 aliphatic heterocycles. The highest BCUT2D eigenvalue weighted by molar-refractivity contribution is 9.10. The van der Waals surface area contributed by atoms with Gasteiger partial charge in [0.25, 0.3) is 5.91 Å². The Labute approximate surface area is 151 Å². The molecule has 2 N–H and O–H groups in total. The van der Waals surface area contributed by atoms with Crippen LogP contribution in [0.5, 0.6) is 11.5 Å². The lowest BCUT2D eigenvalue weighted by Gasteiger charge is -2.14. The zero-order chi connectivity index (χ0) is 17.3. The Morgan fingerprint density at radius 2 is 1.96 bits per heavy atom. The van der Waals surface area contributed by atoms with Crippen molar-refractivity contribution in [1.82, 2.24) is 0 Å². The quantitative estimate of drug-likeness (QED) is 0.750. The van der Waals surface area contributed by atoms with Crippen LogP contribution in [0.15, 0.2) is 51.8 Å². The molecule has 1 aliphatic rings. The Hall–Kier alpha value is -2.25. The average molecular weight is 405 g/mol. The van der Waals surface area contributed by atoms with E-state index in [2.05, 4.69) is 15.9 Å². The van der Waals surface area contributed by atoms with E-state index in [-0.39, 0.29) is 16.8 Å². The van der Waals surface area contributed by atoms with Crippen LogP contribution in [-0.4, -0.2) is 23.3 Å². The summed E-state index contributed by atoms with van der Waals surface area (Å²) in [6.45, 7) is 0. The maximum atomic E-state index is 12.6. The Bertz CT molecular complexity index is 849. The first kappa shape index (κ1) is 16.6. The van der Waals surface area contributed by atoms with Gasteiger partial charge in [0.2, 0.25) is 0 Å². The van der Waals surface area contributed by atoms with Crippen molar-refractivity contribution < 1.29 is 14.6 Å². The van der Waals surface area contributed by atoms with Gasteiger partial charge in [0.15, 0.2) is 16.7 Å². The SMILES string of the molecule is COc1cc(/C=C2/SC(=N)N(c3ccc(Br)cc3)C2=O)ccc1O. The van der Waals surface area contributed by atoms with E-state index in [1.54, 1.807) is 30.3 Å². The number of carbonyl (C=O) groups is 1. The average Bonchev–Trinajstić information content (AvgIpc) is 2.84. The molecule has 0 saturated carbocycles. The van der Waals surface area contributed by atoms with Gasteiger partial charge in [-0.1, -0.05) is 22.0 Å². The maximum Gasteiger partial charge on any atom is 0.271 e. The van der Waals surface area contributed by atoms with Crippen molar-refractivity contribution >= 4 is 50.5 Å². The van der Waals surface area contributed by atoms with Crippen LogP contribution < -0.4 is 9.64 Å². The number of rotatable bonds is 3. The van der Waals surface area contributed by atoms with Crippen LogP contribution in [0.4, 0.5) is 5.69 Å². The van der Waals surface area contributed by atoms with Crippen molar-refractivity contribution in [1.29, 1.82) is 5.41 Å². The predicted octanol–water partition coefficient (Wildman–Crippen LogP) is 4.22. The minimum Gasteiger partial charge on any atom is -0.504 e. The summed E-state index contributed by atoms with van der Waals surface area (Å²) in [4.78, 5) is 14.4. The first-order valence-electron chi connectivity index (χ1n) is 6.94. The van der Waals surface area contributed by atoms with Crippen LogP contribution in [0.1, 0.15) is 5.56 Å². The Balaban J connectivity index is 1.92. The summed E-state index contributed by atoms with van der Waals surface area (Å²) >= 11 is 4.45. The zero-order valence-corrected chi connectivity index (χ0v) is 15.0. The normalized spacial score (nSPS) is 16.1. The third kappa shape index (κ3) is 3.18. The van der Waals surface area contributed by atoms with Crippen LogP contribution in [0, 0.1) is 5.41 Å². The number of carbonyl (C=O) groups excluding carboxylic acids is 1. The molecule has 0 aromatic heterocycles. The summed E-state index contributed by atoms with van der Waals surface area (Å²) in [5.74, 6) is 0.119. The van der Waals surface area contributed by atoms with Gasteiger partial charge in [0, 0.05) is 4.47 Å². The predicted molar refractivity (Wildman–Crippen MR) is 99.6 cm³/mol. The standard InChI is InChI=1S/C17H13BrN2O3S/c1-23-14-8-10(2-7-13(14)21)9-15-16(22)20(17(19)24-15)12-5-3-11(18)4-6-12/h2-9,19,21H,1H3/b15-9+,19-17?. The van der Waals surface area contributed by atoms with E-state index in [9.17, 15) is 9.90 Å². The van der Waals surface area contributed by atoms with E-state index in [0.717, 1.165) is 16.2 Å². The van der Waals surface area contributed by atoms with Gasteiger partial charge in [0.1, 0.15) is 0 Å². The lowest BCUT2D eigenvalue weighted by atomic mass is 10.2. The highest BCUT2D eigenvalue weighted by Gasteiger charge is 2.33. The van der Waals surface area contributed by atoms with Crippen LogP contribution in [0.2, 0.25) is 0 Å². The first-order chi connectivity index (χ1) is 11.5. The lowest BCUT2D eigenvalue weighted by molar-refractivity contribution is -0.113. The third-order valence-electron chi connectivity index (χ3n) is 3.41. The van der Waals surface area contributed by atoms with Gasteiger partial charge in [-0.15, -0.1) is 0 Å². The van der Waals surface area contributed by atoms with Crippen molar-refractivity contribution in [3.05, 3.63) is 57.4 Å². The molecule has 2 aromatic carbocycles. The molecule has 5 nitrogen and oxygen atoms in total. The van der Waals surface area contributed by atoms with Crippen molar-refractivity contribution in [2.24, 2.45) is 0 Å². The second-order valence-corrected chi connectivity index (χ2v) is 6.91. The summed E-state index contributed by atoms with van der Waals surface area (Å²) < 4.78 is 5.98. The summed E-state index contributed by atoms with van der Waals surface area (Å²) in [6, 6.07) is 12.0. The van der Waals surface area contributed by atoms with Crippen LogP contribution in [-0.2, 0) is 4.79 Å². The van der Waals surface area contributed by atoms with E-state index in [1.807, 2.05) is 12.1 Å². The Morgan fingerprint density at radius 3 is 2.62 bits per heavy atom. The molecule has 0 radical (unpaired) electrons. The summed E-state index contributed by atoms with van der Waals surface area (Å²) in [5.41, 5.74) is 1.36. The summed E-state index contributed by atoms with van der Waals surface area (Å²) in [5, 5.41) is 17.9. The first-order valence-corrected chi connectivity index (χ1v) is 8.55. The molecule has 24 heavy (non-hydrogen) atoms. The van der Waals surface area contributed by atoms with E-state index >= 15 is 0 Å². The van der Waals surface area contributed by atoms with Crippen molar-refractivity contribution in [2.45, 2.75) is 0 Å². The van der Waals surface area contributed by atoms with Gasteiger partial charge in [-0.25, -0.2) is 0 Å². The number of hydrogen-bond acceptors (Lipinski definition) is 5. The van der Waals surface area contributed by atoms with E-state index < -0.39 is 0 Å². The van der Waals surface area contributed by atoms with Gasteiger partial charge in [-0.05, 0) is 59.8 Å². The van der Waals surface area contributed by atoms with E-state index in [4.69, 9.17) is 10.1 Å². The topological polar surface area (TPSA) is 73.6 Å². The number of nitrogens with one attached hydrogen (secondary N) is 1. The monoisotopic (exact) mass is 404 g/mol. The van der Waals surface area contributed by atoms with Crippen molar-refractivity contribution in [3.8, 4) is 11.5 Å². The fraction of sp³-hybridized carbons (Fsp3) is 0.0588. The number of thioether (sulfide) groups is 1. The molecule has 2 aromatic rings. The molecule has 3 rings (SSSR count). The highest BCUT2D eigenvalue weighted by atomic mass is 79.9. The number of anilines is 1. The molecule has 0 bridgehead atoms. The second-order valence-electron chi connectivity index (χ2n) is 4.96. The molecule has 7 heteroatoms. The lowest BCUT2D eigenvalue weighted by Crippen LogP contribution is -2.27. The van der Waals surface area contributed by atoms with Gasteiger partial charge in [-0.2, -0.15) is 0 Å². The number of phenols is 1. The molecule has 1 saturated heterocycles. The number of halogens is 1. The number of benzene rings is 2. The van der Waals surface area contributed by atoms with Crippen molar-refractivity contribution in [3.63, 3.8) is 0 Å². The van der Waals surface area contributed by atoms with Crippen LogP contribution in [0.3, 0.4) is 0 Å². The molecule has 0 aliphatic carbocycles. The number of phenolic OH excluding ortho intramolecular Hbond substituents is 1. The fourth-order valence-corrected chi connectivity index (χ4v) is 3.37. The molecule has 0 atom stereocenters. The molecule has 1 amide bonds. The number of methoxy groups -OCH3 is 1.